The fourth-order valence-electron chi connectivity index (χ4n) is 4.37. The summed E-state index contributed by atoms with van der Waals surface area (Å²) in [6, 6.07) is 33.5. The molecule has 1 heteroatoms. The maximum absolute atomic E-state index is 3.87. The average molecular weight is 354 g/mol. The van der Waals surface area contributed by atoms with E-state index in [0.717, 1.165) is 13.0 Å². The maximum Gasteiger partial charge on any atom is 0.0976 e. The molecule has 0 radical (unpaired) electrons. The Bertz CT molecular complexity index is 758. The van der Waals surface area contributed by atoms with Gasteiger partial charge in [0.15, 0.2) is 0 Å². The summed E-state index contributed by atoms with van der Waals surface area (Å²) in [7, 11) is 0. The molecule has 1 saturated heterocycles. The molecule has 0 N–H and O–H groups in total. The third kappa shape index (κ3) is 3.36. The van der Waals surface area contributed by atoms with Crippen molar-refractivity contribution in [2.45, 2.75) is 30.8 Å². The monoisotopic (exact) mass is 353 g/mol. The SMILES string of the molecule is C=CCCC[C@@H]1CN1C(c1ccccc1)(c1ccccc1)c1ccccc1. The molecule has 1 aliphatic heterocycles. The Hall–Kier alpha value is -2.64. The topological polar surface area (TPSA) is 3.01 Å². The molecule has 0 bridgehead atoms. The van der Waals surface area contributed by atoms with Crippen molar-refractivity contribution in [3.05, 3.63) is 120 Å². The van der Waals surface area contributed by atoms with E-state index in [2.05, 4.69) is 102 Å². The zero-order valence-electron chi connectivity index (χ0n) is 15.8. The highest BCUT2D eigenvalue weighted by Crippen LogP contribution is 2.49. The lowest BCUT2D eigenvalue weighted by molar-refractivity contribution is 0.314. The molecule has 3 aromatic carbocycles. The molecule has 1 heterocycles. The van der Waals surface area contributed by atoms with E-state index in [4.69, 9.17) is 0 Å². The molecule has 1 fully saturated rings. The minimum Gasteiger partial charge on any atom is -0.280 e. The number of hydrogen-bond donors (Lipinski definition) is 0. The Balaban J connectivity index is 1.85. The van der Waals surface area contributed by atoms with E-state index >= 15 is 0 Å². The van der Waals surface area contributed by atoms with Crippen molar-refractivity contribution < 1.29 is 0 Å². The van der Waals surface area contributed by atoms with Gasteiger partial charge in [-0.1, -0.05) is 97.1 Å². The van der Waals surface area contributed by atoms with E-state index in [1.165, 1.54) is 29.5 Å². The first kappa shape index (κ1) is 17.8. The largest absolute Gasteiger partial charge is 0.280 e. The molecule has 0 spiro atoms. The van der Waals surface area contributed by atoms with Gasteiger partial charge in [0.25, 0.3) is 0 Å². The maximum atomic E-state index is 3.87. The number of allylic oxidation sites excluding steroid dienone is 1. The Morgan fingerprint density at radius 2 is 1.22 bits per heavy atom. The molecule has 1 nitrogen and oxygen atoms in total. The van der Waals surface area contributed by atoms with Gasteiger partial charge in [-0.15, -0.1) is 6.58 Å². The van der Waals surface area contributed by atoms with Crippen molar-refractivity contribution in [2.24, 2.45) is 0 Å². The molecular weight excluding hydrogens is 326 g/mol. The number of benzene rings is 3. The van der Waals surface area contributed by atoms with E-state index in [9.17, 15) is 0 Å². The van der Waals surface area contributed by atoms with Gasteiger partial charge in [-0.3, -0.25) is 4.90 Å². The van der Waals surface area contributed by atoms with Gasteiger partial charge in [0.2, 0.25) is 0 Å². The summed E-state index contributed by atoms with van der Waals surface area (Å²) in [4.78, 5) is 2.68. The Morgan fingerprint density at radius 3 is 1.63 bits per heavy atom. The standard InChI is InChI=1S/C26H27N/c1-2-3-7-20-25-21-27(25)26(22-14-8-4-9-15-22,23-16-10-5-11-17-23)24-18-12-6-13-19-24/h2,4-6,8-19,25H,1,3,7,20-21H2/t25-,27?/m1/s1. The Morgan fingerprint density at radius 1 is 0.778 bits per heavy atom. The highest BCUT2D eigenvalue weighted by Gasteiger charge is 2.52. The van der Waals surface area contributed by atoms with Crippen LogP contribution in [-0.2, 0) is 5.54 Å². The average Bonchev–Trinajstić information content (AvgIpc) is 3.51. The number of unbranched alkanes of at least 4 members (excludes halogenated alkanes) is 1. The fourth-order valence-corrected chi connectivity index (χ4v) is 4.37. The summed E-state index contributed by atoms with van der Waals surface area (Å²) in [6.07, 6.45) is 5.56. The van der Waals surface area contributed by atoms with Gasteiger partial charge in [-0.25, -0.2) is 0 Å². The lowest BCUT2D eigenvalue weighted by atomic mass is 9.76. The van der Waals surface area contributed by atoms with Crippen LogP contribution in [0.4, 0.5) is 0 Å². The smallest absolute Gasteiger partial charge is 0.0976 e. The van der Waals surface area contributed by atoms with E-state index in [-0.39, 0.29) is 5.54 Å². The molecule has 3 aromatic rings. The van der Waals surface area contributed by atoms with Crippen LogP contribution in [0.15, 0.2) is 104 Å². The van der Waals surface area contributed by atoms with Gasteiger partial charge in [-0.05, 0) is 36.0 Å². The summed E-state index contributed by atoms with van der Waals surface area (Å²) in [6.45, 7) is 5.01. The van der Waals surface area contributed by atoms with Crippen LogP contribution in [0.1, 0.15) is 36.0 Å². The molecular formula is C26H27N. The summed E-state index contributed by atoms with van der Waals surface area (Å²) in [5.74, 6) is 0. The van der Waals surface area contributed by atoms with Gasteiger partial charge in [0, 0.05) is 12.6 Å². The number of nitrogens with zero attached hydrogens (tertiary/aromatic N) is 1. The Kier molecular flexibility index (Phi) is 5.22. The highest BCUT2D eigenvalue weighted by molar-refractivity contribution is 5.51. The van der Waals surface area contributed by atoms with Gasteiger partial charge in [-0.2, -0.15) is 0 Å². The first-order valence-corrected chi connectivity index (χ1v) is 9.91. The molecule has 0 amide bonds. The van der Waals surface area contributed by atoms with Crippen LogP contribution >= 0.6 is 0 Å². The second-order valence-electron chi connectivity index (χ2n) is 7.33. The molecule has 4 rings (SSSR count). The van der Waals surface area contributed by atoms with Crippen LogP contribution in [-0.4, -0.2) is 17.5 Å². The lowest BCUT2D eigenvalue weighted by Gasteiger charge is -2.38. The predicted molar refractivity (Wildman–Crippen MR) is 114 cm³/mol. The predicted octanol–water partition coefficient (Wildman–Crippen LogP) is 6.02. The lowest BCUT2D eigenvalue weighted by Crippen LogP contribution is -2.39. The van der Waals surface area contributed by atoms with Crippen molar-refractivity contribution >= 4 is 0 Å². The molecule has 1 aliphatic rings. The van der Waals surface area contributed by atoms with Crippen LogP contribution in [0.25, 0.3) is 0 Å². The second kappa shape index (κ2) is 7.94. The highest BCUT2D eigenvalue weighted by atomic mass is 15.4. The molecule has 27 heavy (non-hydrogen) atoms. The van der Waals surface area contributed by atoms with Crippen molar-refractivity contribution in [1.82, 2.24) is 4.90 Å². The van der Waals surface area contributed by atoms with Crippen LogP contribution in [0.5, 0.6) is 0 Å². The summed E-state index contributed by atoms with van der Waals surface area (Å²) < 4.78 is 0. The van der Waals surface area contributed by atoms with E-state index in [1.54, 1.807) is 0 Å². The van der Waals surface area contributed by atoms with Crippen LogP contribution in [0, 0.1) is 0 Å². The molecule has 2 atom stereocenters. The van der Waals surface area contributed by atoms with E-state index in [0.29, 0.717) is 6.04 Å². The molecule has 1 unspecified atom stereocenters. The van der Waals surface area contributed by atoms with Gasteiger partial charge in [0.05, 0.1) is 5.54 Å². The molecule has 136 valence electrons. The molecule has 0 aliphatic carbocycles. The van der Waals surface area contributed by atoms with Gasteiger partial charge in [0.1, 0.15) is 0 Å². The van der Waals surface area contributed by atoms with Crippen LogP contribution in [0.3, 0.4) is 0 Å². The Labute approximate surface area is 163 Å². The molecule has 0 aromatic heterocycles. The normalized spacial score (nSPS) is 18.8. The zero-order valence-corrected chi connectivity index (χ0v) is 15.8. The van der Waals surface area contributed by atoms with Crippen LogP contribution < -0.4 is 0 Å². The first-order chi connectivity index (χ1) is 13.4. The number of hydrogen-bond acceptors (Lipinski definition) is 1. The van der Waals surface area contributed by atoms with E-state index < -0.39 is 0 Å². The second-order valence-corrected chi connectivity index (χ2v) is 7.33. The van der Waals surface area contributed by atoms with Crippen molar-refractivity contribution in [3.8, 4) is 0 Å². The van der Waals surface area contributed by atoms with Crippen molar-refractivity contribution in [1.29, 1.82) is 0 Å². The summed E-state index contributed by atoms with van der Waals surface area (Å²) >= 11 is 0. The number of rotatable bonds is 8. The molecule has 0 saturated carbocycles. The summed E-state index contributed by atoms with van der Waals surface area (Å²) in [5.41, 5.74) is 3.79. The quantitative estimate of drug-likeness (QED) is 0.207. The third-order valence-corrected chi connectivity index (χ3v) is 5.67. The summed E-state index contributed by atoms with van der Waals surface area (Å²) in [5, 5.41) is 0. The van der Waals surface area contributed by atoms with Crippen molar-refractivity contribution in [2.75, 3.05) is 6.54 Å². The van der Waals surface area contributed by atoms with E-state index in [1.807, 2.05) is 6.08 Å². The van der Waals surface area contributed by atoms with Crippen molar-refractivity contribution in [3.63, 3.8) is 0 Å². The van der Waals surface area contributed by atoms with Crippen LogP contribution in [0.2, 0.25) is 0 Å². The fraction of sp³-hybridized carbons (Fsp3) is 0.231. The van der Waals surface area contributed by atoms with Gasteiger partial charge >= 0.3 is 0 Å². The van der Waals surface area contributed by atoms with Gasteiger partial charge < -0.3 is 0 Å². The minimum absolute atomic E-state index is 0.234. The minimum atomic E-state index is -0.234. The zero-order chi connectivity index (χ0) is 18.5. The third-order valence-electron chi connectivity index (χ3n) is 5.67. The first-order valence-electron chi connectivity index (χ1n) is 9.91.